The summed E-state index contributed by atoms with van der Waals surface area (Å²) < 4.78 is 16.5. The fraction of sp³-hybridized carbons (Fsp3) is 0.222. The first kappa shape index (κ1) is 22.9. The molecule has 0 saturated carbocycles. The Kier molecular flexibility index (Phi) is 8.73. The molecule has 0 aliphatic heterocycles. The van der Waals surface area contributed by atoms with E-state index in [0.29, 0.717) is 13.0 Å². The normalized spacial score (nSPS) is 11.2. The van der Waals surface area contributed by atoms with Crippen molar-refractivity contribution in [3.8, 4) is 29.1 Å². The average Bonchev–Trinajstić information content (AvgIpc) is 2.82. The van der Waals surface area contributed by atoms with Crippen molar-refractivity contribution in [1.82, 2.24) is 0 Å². The maximum atomic E-state index is 11.0. The van der Waals surface area contributed by atoms with Gasteiger partial charge in [0, 0.05) is 25.5 Å². The van der Waals surface area contributed by atoms with Gasteiger partial charge < -0.3 is 19.3 Å². The second kappa shape index (κ2) is 12.2. The van der Waals surface area contributed by atoms with Gasteiger partial charge in [0.15, 0.2) is 6.10 Å². The lowest BCUT2D eigenvalue weighted by molar-refractivity contribution is -0.148. The van der Waals surface area contributed by atoms with Crippen LogP contribution < -0.4 is 9.47 Å². The largest absolute Gasteiger partial charge is 0.494 e. The summed E-state index contributed by atoms with van der Waals surface area (Å²) in [4.78, 5) is 11.0. The molecular formula is C27H26O5. The van der Waals surface area contributed by atoms with Crippen LogP contribution >= 0.6 is 0 Å². The first-order chi connectivity index (χ1) is 15.6. The standard InChI is InChI=1S/C27H26O5/c1-30-26(27(28)29)20-22-13-11-21(12-14-22)8-4-3-7-19-31-23-15-17-25(18-16-23)32-24-9-5-2-6-10-24/h2,5-6,9-18,26H,3,7,19-20H2,1H3,(H,28,29). The topological polar surface area (TPSA) is 65.0 Å². The van der Waals surface area contributed by atoms with E-state index in [9.17, 15) is 4.79 Å². The Labute approximate surface area is 188 Å². The van der Waals surface area contributed by atoms with Crippen LogP contribution in [0, 0.1) is 11.8 Å². The minimum Gasteiger partial charge on any atom is -0.494 e. The van der Waals surface area contributed by atoms with Crippen molar-refractivity contribution in [1.29, 1.82) is 0 Å². The number of carboxylic acids is 1. The van der Waals surface area contributed by atoms with Crippen molar-refractivity contribution < 1.29 is 24.1 Å². The second-order valence-electron chi connectivity index (χ2n) is 7.10. The monoisotopic (exact) mass is 430 g/mol. The van der Waals surface area contributed by atoms with Crippen LogP contribution in [0.1, 0.15) is 24.0 Å². The minimum absolute atomic E-state index is 0.330. The lowest BCUT2D eigenvalue weighted by atomic mass is 10.1. The van der Waals surface area contributed by atoms with Crippen LogP contribution in [-0.4, -0.2) is 30.9 Å². The van der Waals surface area contributed by atoms with Gasteiger partial charge in [-0.3, -0.25) is 0 Å². The molecule has 1 atom stereocenters. The van der Waals surface area contributed by atoms with E-state index in [1.54, 1.807) is 0 Å². The fourth-order valence-corrected chi connectivity index (χ4v) is 2.95. The molecule has 164 valence electrons. The van der Waals surface area contributed by atoms with Crippen LogP contribution in [0.5, 0.6) is 17.2 Å². The molecule has 0 aliphatic rings. The number of aliphatic carboxylic acids is 1. The minimum atomic E-state index is -0.963. The molecule has 1 unspecified atom stereocenters. The molecule has 0 radical (unpaired) electrons. The lowest BCUT2D eigenvalue weighted by Gasteiger charge is -2.10. The van der Waals surface area contributed by atoms with Crippen LogP contribution in [0.4, 0.5) is 0 Å². The van der Waals surface area contributed by atoms with E-state index >= 15 is 0 Å². The summed E-state index contributed by atoms with van der Waals surface area (Å²) in [5.74, 6) is 7.66. The third kappa shape index (κ3) is 7.50. The molecule has 1 N–H and O–H groups in total. The van der Waals surface area contributed by atoms with Gasteiger partial charge in [-0.05, 0) is 60.5 Å². The van der Waals surface area contributed by atoms with Crippen molar-refractivity contribution >= 4 is 5.97 Å². The van der Waals surface area contributed by atoms with Gasteiger partial charge in [0.2, 0.25) is 0 Å². The molecule has 0 amide bonds. The summed E-state index contributed by atoms with van der Waals surface area (Å²) in [6.07, 6.45) is 1.04. The van der Waals surface area contributed by atoms with Gasteiger partial charge in [0.25, 0.3) is 0 Å². The highest BCUT2D eigenvalue weighted by molar-refractivity contribution is 5.72. The van der Waals surface area contributed by atoms with Gasteiger partial charge in [-0.15, -0.1) is 0 Å². The third-order valence-corrected chi connectivity index (χ3v) is 4.69. The number of carboxylic acid groups (broad SMARTS) is 1. The smallest absolute Gasteiger partial charge is 0.333 e. The summed E-state index contributed by atoms with van der Waals surface area (Å²) in [6, 6.07) is 24.8. The van der Waals surface area contributed by atoms with E-state index in [4.69, 9.17) is 19.3 Å². The summed E-state index contributed by atoms with van der Waals surface area (Å²) in [5, 5.41) is 9.05. The molecule has 0 aromatic heterocycles. The van der Waals surface area contributed by atoms with Gasteiger partial charge in [-0.1, -0.05) is 42.2 Å². The van der Waals surface area contributed by atoms with Crippen molar-refractivity contribution in [3.05, 3.63) is 90.0 Å². The molecule has 5 nitrogen and oxygen atoms in total. The van der Waals surface area contributed by atoms with Crippen molar-refractivity contribution in [2.24, 2.45) is 0 Å². The van der Waals surface area contributed by atoms with Crippen molar-refractivity contribution in [2.45, 2.75) is 25.4 Å². The van der Waals surface area contributed by atoms with E-state index < -0.39 is 12.1 Å². The van der Waals surface area contributed by atoms with E-state index in [1.807, 2.05) is 78.9 Å². The highest BCUT2D eigenvalue weighted by atomic mass is 16.5. The number of para-hydroxylation sites is 1. The maximum Gasteiger partial charge on any atom is 0.333 e. The van der Waals surface area contributed by atoms with E-state index in [1.165, 1.54) is 7.11 Å². The summed E-state index contributed by atoms with van der Waals surface area (Å²) in [7, 11) is 1.40. The van der Waals surface area contributed by atoms with E-state index in [0.717, 1.165) is 41.2 Å². The Hall–Kier alpha value is -3.75. The molecule has 32 heavy (non-hydrogen) atoms. The van der Waals surface area contributed by atoms with Crippen molar-refractivity contribution in [3.63, 3.8) is 0 Å². The number of unbranched alkanes of at least 4 members (excludes halogenated alkanes) is 1. The van der Waals surface area contributed by atoms with Gasteiger partial charge in [-0.2, -0.15) is 0 Å². The third-order valence-electron chi connectivity index (χ3n) is 4.69. The van der Waals surface area contributed by atoms with Crippen LogP contribution in [-0.2, 0) is 16.0 Å². The van der Waals surface area contributed by atoms with Gasteiger partial charge in [0.05, 0.1) is 6.61 Å². The Morgan fingerprint density at radius 1 is 0.906 bits per heavy atom. The Morgan fingerprint density at radius 2 is 1.56 bits per heavy atom. The van der Waals surface area contributed by atoms with Gasteiger partial charge >= 0.3 is 5.97 Å². The first-order valence-electron chi connectivity index (χ1n) is 10.4. The van der Waals surface area contributed by atoms with Crippen LogP contribution in [0.2, 0.25) is 0 Å². The van der Waals surface area contributed by atoms with Crippen LogP contribution in [0.15, 0.2) is 78.9 Å². The number of carbonyl (C=O) groups is 1. The first-order valence-corrected chi connectivity index (χ1v) is 10.4. The zero-order chi connectivity index (χ0) is 22.6. The fourth-order valence-electron chi connectivity index (χ4n) is 2.95. The lowest BCUT2D eigenvalue weighted by Crippen LogP contribution is -2.24. The highest BCUT2D eigenvalue weighted by Gasteiger charge is 2.16. The Bertz CT molecular complexity index is 1030. The van der Waals surface area contributed by atoms with Crippen molar-refractivity contribution in [2.75, 3.05) is 13.7 Å². The number of methoxy groups -OCH3 is 1. The Balaban J connectivity index is 1.37. The molecule has 3 rings (SSSR count). The number of hydrogen-bond acceptors (Lipinski definition) is 4. The zero-order valence-corrected chi connectivity index (χ0v) is 18.0. The Morgan fingerprint density at radius 3 is 2.22 bits per heavy atom. The van der Waals surface area contributed by atoms with E-state index in [-0.39, 0.29) is 0 Å². The quantitative estimate of drug-likeness (QED) is 0.348. The van der Waals surface area contributed by atoms with Gasteiger partial charge in [0.1, 0.15) is 17.2 Å². The number of rotatable bonds is 10. The summed E-state index contributed by atoms with van der Waals surface area (Å²) in [5.41, 5.74) is 1.80. The predicted octanol–water partition coefficient (Wildman–Crippen LogP) is 5.33. The van der Waals surface area contributed by atoms with Crippen LogP contribution in [0.25, 0.3) is 0 Å². The number of hydrogen-bond donors (Lipinski definition) is 1. The summed E-state index contributed by atoms with van der Waals surface area (Å²) >= 11 is 0. The molecule has 0 heterocycles. The van der Waals surface area contributed by atoms with Crippen LogP contribution in [0.3, 0.4) is 0 Å². The second-order valence-corrected chi connectivity index (χ2v) is 7.10. The van der Waals surface area contributed by atoms with Gasteiger partial charge in [-0.25, -0.2) is 4.79 Å². The predicted molar refractivity (Wildman–Crippen MR) is 123 cm³/mol. The molecule has 3 aromatic rings. The number of ether oxygens (including phenoxy) is 3. The maximum absolute atomic E-state index is 11.0. The molecule has 0 aliphatic carbocycles. The highest BCUT2D eigenvalue weighted by Crippen LogP contribution is 2.23. The molecule has 0 bridgehead atoms. The average molecular weight is 431 g/mol. The van der Waals surface area contributed by atoms with E-state index in [2.05, 4.69) is 11.8 Å². The molecule has 3 aromatic carbocycles. The molecule has 5 heteroatoms. The zero-order valence-electron chi connectivity index (χ0n) is 18.0. The number of benzene rings is 3. The molecular weight excluding hydrogens is 404 g/mol. The summed E-state index contributed by atoms with van der Waals surface area (Å²) in [6.45, 7) is 0.583. The molecule has 0 spiro atoms. The molecule has 0 fully saturated rings. The molecule has 0 saturated heterocycles. The SMILES string of the molecule is COC(Cc1ccc(C#CCCCOc2ccc(Oc3ccccc3)cc2)cc1)C(=O)O.